The molecule has 1 unspecified atom stereocenters. The summed E-state index contributed by atoms with van der Waals surface area (Å²) in [4.78, 5) is 4.45. The minimum Gasteiger partial charge on any atom is -0.325 e. The lowest BCUT2D eigenvalue weighted by atomic mass is 10.1. The van der Waals surface area contributed by atoms with Gasteiger partial charge in [-0.2, -0.15) is 0 Å². The molecule has 0 saturated carbocycles. The Hall–Kier alpha value is -1.03. The lowest BCUT2D eigenvalue weighted by Gasteiger charge is -2.22. The Bertz CT molecular complexity index is 575. The fourth-order valence-corrected chi connectivity index (χ4v) is 2.89. The SMILES string of the molecule is NC1CCCn2c(-c3ccc(Cl)cc3)nc(Cl)c21. The first-order valence-corrected chi connectivity index (χ1v) is 6.70. The Morgan fingerprint density at radius 3 is 2.67 bits per heavy atom. The molecular weight excluding hydrogens is 269 g/mol. The summed E-state index contributed by atoms with van der Waals surface area (Å²) in [6, 6.07) is 7.60. The standard InChI is InChI=1S/C13H13Cl2N3/c14-9-5-3-8(4-6-9)13-17-12(15)11-10(16)2-1-7-18(11)13/h3-6,10H,1-2,7,16H2. The van der Waals surface area contributed by atoms with Crippen molar-refractivity contribution in [2.75, 3.05) is 0 Å². The van der Waals surface area contributed by atoms with E-state index in [1.807, 2.05) is 24.3 Å². The van der Waals surface area contributed by atoms with Gasteiger partial charge in [0, 0.05) is 23.2 Å². The molecule has 2 N–H and O–H groups in total. The number of hydrogen-bond donors (Lipinski definition) is 1. The van der Waals surface area contributed by atoms with E-state index in [1.165, 1.54) is 0 Å². The molecule has 2 aromatic rings. The first-order valence-electron chi connectivity index (χ1n) is 5.94. The topological polar surface area (TPSA) is 43.8 Å². The van der Waals surface area contributed by atoms with Crippen LogP contribution in [0, 0.1) is 0 Å². The highest BCUT2D eigenvalue weighted by molar-refractivity contribution is 6.31. The van der Waals surface area contributed by atoms with E-state index in [0.717, 1.165) is 36.5 Å². The van der Waals surface area contributed by atoms with Gasteiger partial charge in [0.1, 0.15) is 5.82 Å². The Kier molecular flexibility index (Phi) is 3.06. The number of aromatic nitrogens is 2. The van der Waals surface area contributed by atoms with E-state index in [1.54, 1.807) is 0 Å². The predicted molar refractivity (Wildman–Crippen MR) is 73.8 cm³/mol. The van der Waals surface area contributed by atoms with Crippen LogP contribution >= 0.6 is 23.2 Å². The first-order chi connectivity index (χ1) is 8.66. The maximum atomic E-state index is 6.20. The Morgan fingerprint density at radius 2 is 1.94 bits per heavy atom. The van der Waals surface area contributed by atoms with Crippen LogP contribution in [0.15, 0.2) is 24.3 Å². The lowest BCUT2D eigenvalue weighted by molar-refractivity contribution is 0.466. The van der Waals surface area contributed by atoms with E-state index in [4.69, 9.17) is 28.9 Å². The van der Waals surface area contributed by atoms with Gasteiger partial charge >= 0.3 is 0 Å². The second kappa shape index (κ2) is 4.57. The van der Waals surface area contributed by atoms with Gasteiger partial charge < -0.3 is 10.3 Å². The molecule has 1 atom stereocenters. The first kappa shape index (κ1) is 12.0. The van der Waals surface area contributed by atoms with Crippen molar-refractivity contribution in [3.63, 3.8) is 0 Å². The highest BCUT2D eigenvalue weighted by Crippen LogP contribution is 2.34. The third-order valence-corrected chi connectivity index (χ3v) is 3.84. The third-order valence-electron chi connectivity index (χ3n) is 3.31. The minimum absolute atomic E-state index is 0.0141. The largest absolute Gasteiger partial charge is 0.325 e. The van der Waals surface area contributed by atoms with Crippen molar-refractivity contribution in [1.82, 2.24) is 9.55 Å². The average Bonchev–Trinajstić information content (AvgIpc) is 2.69. The van der Waals surface area contributed by atoms with Crippen LogP contribution in [-0.2, 0) is 6.54 Å². The highest BCUT2D eigenvalue weighted by atomic mass is 35.5. The van der Waals surface area contributed by atoms with Crippen LogP contribution in [0.3, 0.4) is 0 Å². The molecule has 0 aliphatic carbocycles. The fourth-order valence-electron chi connectivity index (χ4n) is 2.44. The highest BCUT2D eigenvalue weighted by Gasteiger charge is 2.25. The van der Waals surface area contributed by atoms with Gasteiger partial charge in [-0.3, -0.25) is 0 Å². The molecule has 3 rings (SSSR count). The summed E-state index contributed by atoms with van der Waals surface area (Å²) in [5.41, 5.74) is 8.06. The van der Waals surface area contributed by atoms with E-state index in [0.29, 0.717) is 10.2 Å². The van der Waals surface area contributed by atoms with Crippen LogP contribution in [0.5, 0.6) is 0 Å². The molecule has 1 aromatic heterocycles. The van der Waals surface area contributed by atoms with Crippen LogP contribution in [0.1, 0.15) is 24.6 Å². The number of imidazole rings is 1. The van der Waals surface area contributed by atoms with Crippen molar-refractivity contribution in [2.45, 2.75) is 25.4 Å². The van der Waals surface area contributed by atoms with Gasteiger partial charge in [-0.1, -0.05) is 23.2 Å². The Balaban J connectivity index is 2.13. The molecule has 1 aliphatic heterocycles. The lowest BCUT2D eigenvalue weighted by Crippen LogP contribution is -2.22. The number of benzene rings is 1. The molecule has 2 heterocycles. The molecule has 0 fully saturated rings. The summed E-state index contributed by atoms with van der Waals surface area (Å²) < 4.78 is 2.12. The average molecular weight is 282 g/mol. The molecule has 0 amide bonds. The second-order valence-electron chi connectivity index (χ2n) is 4.52. The van der Waals surface area contributed by atoms with Gasteiger partial charge in [0.2, 0.25) is 0 Å². The van der Waals surface area contributed by atoms with Crippen molar-refractivity contribution in [3.8, 4) is 11.4 Å². The smallest absolute Gasteiger partial charge is 0.152 e. The zero-order chi connectivity index (χ0) is 12.7. The summed E-state index contributed by atoms with van der Waals surface area (Å²) in [5, 5.41) is 1.24. The molecule has 0 bridgehead atoms. The fraction of sp³-hybridized carbons (Fsp3) is 0.308. The summed E-state index contributed by atoms with van der Waals surface area (Å²) in [5.74, 6) is 0.877. The van der Waals surface area contributed by atoms with Crippen LogP contribution in [0.4, 0.5) is 0 Å². The third kappa shape index (κ3) is 1.92. The number of nitrogens with two attached hydrogens (primary N) is 1. The van der Waals surface area contributed by atoms with Crippen molar-refractivity contribution in [3.05, 3.63) is 40.1 Å². The van der Waals surface area contributed by atoms with E-state index in [9.17, 15) is 0 Å². The zero-order valence-electron chi connectivity index (χ0n) is 9.74. The van der Waals surface area contributed by atoms with Crippen LogP contribution in [-0.4, -0.2) is 9.55 Å². The van der Waals surface area contributed by atoms with Crippen molar-refractivity contribution >= 4 is 23.2 Å². The van der Waals surface area contributed by atoms with E-state index in [2.05, 4.69) is 9.55 Å². The van der Waals surface area contributed by atoms with Gasteiger partial charge in [0.25, 0.3) is 0 Å². The molecule has 1 aliphatic rings. The summed E-state index contributed by atoms with van der Waals surface area (Å²) in [7, 11) is 0. The number of nitrogens with zero attached hydrogens (tertiary/aromatic N) is 2. The predicted octanol–water partition coefficient (Wildman–Crippen LogP) is 3.65. The molecule has 18 heavy (non-hydrogen) atoms. The number of halogens is 2. The van der Waals surface area contributed by atoms with Crippen LogP contribution in [0.2, 0.25) is 10.2 Å². The van der Waals surface area contributed by atoms with E-state index < -0.39 is 0 Å². The van der Waals surface area contributed by atoms with Gasteiger partial charge in [-0.25, -0.2) is 4.98 Å². The molecule has 1 aromatic carbocycles. The number of rotatable bonds is 1. The molecule has 0 saturated heterocycles. The van der Waals surface area contributed by atoms with Crippen molar-refractivity contribution in [2.24, 2.45) is 5.73 Å². The summed E-state index contributed by atoms with van der Waals surface area (Å²) in [6.07, 6.45) is 2.02. The summed E-state index contributed by atoms with van der Waals surface area (Å²) in [6.45, 7) is 0.917. The van der Waals surface area contributed by atoms with Gasteiger partial charge in [-0.05, 0) is 37.1 Å². The van der Waals surface area contributed by atoms with Crippen LogP contribution < -0.4 is 5.73 Å². The molecule has 3 nitrogen and oxygen atoms in total. The quantitative estimate of drug-likeness (QED) is 0.867. The molecule has 0 spiro atoms. The van der Waals surface area contributed by atoms with E-state index >= 15 is 0 Å². The van der Waals surface area contributed by atoms with Gasteiger partial charge in [0.15, 0.2) is 5.15 Å². The maximum absolute atomic E-state index is 6.20. The van der Waals surface area contributed by atoms with E-state index in [-0.39, 0.29) is 6.04 Å². The molecule has 5 heteroatoms. The van der Waals surface area contributed by atoms with Gasteiger partial charge in [0.05, 0.1) is 5.69 Å². The van der Waals surface area contributed by atoms with Crippen molar-refractivity contribution < 1.29 is 0 Å². The number of hydrogen-bond acceptors (Lipinski definition) is 2. The molecular formula is C13H13Cl2N3. The minimum atomic E-state index is -0.0141. The molecule has 0 radical (unpaired) electrons. The normalized spacial score (nSPS) is 18.7. The second-order valence-corrected chi connectivity index (χ2v) is 5.31. The Labute approximate surface area is 116 Å². The Morgan fingerprint density at radius 1 is 1.22 bits per heavy atom. The van der Waals surface area contributed by atoms with Crippen LogP contribution in [0.25, 0.3) is 11.4 Å². The monoisotopic (exact) mass is 281 g/mol. The van der Waals surface area contributed by atoms with Crippen molar-refractivity contribution in [1.29, 1.82) is 0 Å². The molecule has 94 valence electrons. The maximum Gasteiger partial charge on any atom is 0.152 e. The number of fused-ring (bicyclic) bond motifs is 1. The zero-order valence-corrected chi connectivity index (χ0v) is 11.2. The van der Waals surface area contributed by atoms with Gasteiger partial charge in [-0.15, -0.1) is 0 Å². The summed E-state index contributed by atoms with van der Waals surface area (Å²) >= 11 is 12.1.